The number of hydrogen-bond acceptors (Lipinski definition) is 5. The second-order valence-electron chi connectivity index (χ2n) is 7.54. The van der Waals surface area contributed by atoms with Crippen molar-refractivity contribution in [3.8, 4) is 17.4 Å². The molecule has 0 saturated carbocycles. The van der Waals surface area contributed by atoms with Gasteiger partial charge in [-0.2, -0.15) is 0 Å². The van der Waals surface area contributed by atoms with Crippen LogP contribution in [0.1, 0.15) is 38.7 Å². The summed E-state index contributed by atoms with van der Waals surface area (Å²) in [4.78, 5) is 9.15. The van der Waals surface area contributed by atoms with E-state index in [9.17, 15) is 0 Å². The predicted molar refractivity (Wildman–Crippen MR) is 132 cm³/mol. The van der Waals surface area contributed by atoms with Crippen molar-refractivity contribution in [1.29, 1.82) is 0 Å². The van der Waals surface area contributed by atoms with Gasteiger partial charge in [0, 0.05) is 18.8 Å². The first-order valence-corrected chi connectivity index (χ1v) is 10.8. The number of aliphatic imine (C=N–C) groups is 1. The van der Waals surface area contributed by atoms with Crippen LogP contribution in [0, 0.1) is 0 Å². The van der Waals surface area contributed by atoms with Gasteiger partial charge in [0.1, 0.15) is 0 Å². The van der Waals surface area contributed by atoms with E-state index in [0.29, 0.717) is 48.8 Å². The van der Waals surface area contributed by atoms with Gasteiger partial charge in [-0.25, -0.2) is 9.98 Å². The third-order valence-electron chi connectivity index (χ3n) is 5.35. The molecule has 2 aliphatic rings. The van der Waals surface area contributed by atoms with E-state index in [0.717, 1.165) is 30.9 Å². The number of nitrogens with one attached hydrogen (secondary N) is 2. The number of nitrogens with zero attached hydrogens (tertiary/aromatic N) is 2. The fourth-order valence-corrected chi connectivity index (χ4v) is 3.94. The van der Waals surface area contributed by atoms with Crippen LogP contribution < -0.4 is 20.1 Å². The molecule has 0 radical (unpaired) electrons. The first kappa shape index (κ1) is 23.6. The zero-order chi connectivity index (χ0) is 20.8. The van der Waals surface area contributed by atoms with Crippen molar-refractivity contribution in [1.82, 2.24) is 15.6 Å². The van der Waals surface area contributed by atoms with Crippen LogP contribution in [0.4, 0.5) is 0 Å². The van der Waals surface area contributed by atoms with E-state index in [4.69, 9.17) is 19.2 Å². The topological polar surface area (TPSA) is 77.0 Å². The highest BCUT2D eigenvalue weighted by Gasteiger charge is 2.41. The molecule has 0 spiro atoms. The first-order valence-electron chi connectivity index (χ1n) is 10.8. The number of rotatable bonds is 8. The van der Waals surface area contributed by atoms with Gasteiger partial charge in [0.15, 0.2) is 17.5 Å². The summed E-state index contributed by atoms with van der Waals surface area (Å²) >= 11 is 0. The van der Waals surface area contributed by atoms with Crippen LogP contribution in [0.3, 0.4) is 0 Å². The number of para-hydroxylation sites is 2. The van der Waals surface area contributed by atoms with Gasteiger partial charge in [0.25, 0.3) is 0 Å². The number of hydrogen-bond donors (Lipinski definition) is 2. The Morgan fingerprint density at radius 3 is 2.65 bits per heavy atom. The molecule has 2 fully saturated rings. The van der Waals surface area contributed by atoms with Gasteiger partial charge in [0.2, 0.25) is 5.88 Å². The maximum absolute atomic E-state index is 5.93. The molecule has 3 heterocycles. The Balaban J connectivity index is 0.00000272. The lowest BCUT2D eigenvalue weighted by molar-refractivity contribution is 0.0992. The number of aromatic nitrogens is 1. The minimum Gasteiger partial charge on any atom is -0.490 e. The van der Waals surface area contributed by atoms with E-state index in [1.807, 2.05) is 43.3 Å². The number of pyridine rings is 1. The number of ether oxygens (including phenoxy) is 3. The van der Waals surface area contributed by atoms with Gasteiger partial charge in [-0.05, 0) is 50.8 Å². The van der Waals surface area contributed by atoms with E-state index < -0.39 is 0 Å². The van der Waals surface area contributed by atoms with Crippen LogP contribution in [0.2, 0.25) is 0 Å². The summed E-state index contributed by atoms with van der Waals surface area (Å²) in [5.74, 6) is 2.72. The van der Waals surface area contributed by atoms with E-state index in [1.54, 1.807) is 6.20 Å². The SMILES string of the molecule is CCNC(=NCc1ccc(Oc2ccccc2OCC)nc1)NC1CC2CCC1O2.I. The van der Waals surface area contributed by atoms with Crippen LogP contribution in [0.15, 0.2) is 47.6 Å². The van der Waals surface area contributed by atoms with E-state index in [1.165, 1.54) is 6.42 Å². The Bertz CT molecular complexity index is 862. The van der Waals surface area contributed by atoms with Crippen molar-refractivity contribution in [2.24, 2.45) is 4.99 Å². The largest absolute Gasteiger partial charge is 0.490 e. The minimum absolute atomic E-state index is 0. The van der Waals surface area contributed by atoms with Crippen LogP contribution in [-0.2, 0) is 11.3 Å². The highest BCUT2D eigenvalue weighted by Crippen LogP contribution is 2.34. The van der Waals surface area contributed by atoms with Gasteiger partial charge in [0.05, 0.1) is 31.4 Å². The van der Waals surface area contributed by atoms with Crippen LogP contribution in [0.5, 0.6) is 17.4 Å². The van der Waals surface area contributed by atoms with Gasteiger partial charge < -0.3 is 24.8 Å². The molecule has 3 unspecified atom stereocenters. The maximum atomic E-state index is 5.93. The third-order valence-corrected chi connectivity index (χ3v) is 5.35. The summed E-state index contributed by atoms with van der Waals surface area (Å²) in [5, 5.41) is 6.86. The Morgan fingerprint density at radius 2 is 2.00 bits per heavy atom. The van der Waals surface area contributed by atoms with Crippen LogP contribution in [-0.4, -0.2) is 42.3 Å². The highest BCUT2D eigenvalue weighted by molar-refractivity contribution is 14.0. The molecule has 3 atom stereocenters. The zero-order valence-corrected chi connectivity index (χ0v) is 20.4. The summed E-state index contributed by atoms with van der Waals surface area (Å²) in [7, 11) is 0. The second-order valence-corrected chi connectivity index (χ2v) is 7.54. The third kappa shape index (κ3) is 6.22. The van der Waals surface area contributed by atoms with Crippen LogP contribution in [0.25, 0.3) is 0 Å². The van der Waals surface area contributed by atoms with E-state index in [2.05, 4.69) is 22.5 Å². The molecule has 1 aromatic heterocycles. The smallest absolute Gasteiger partial charge is 0.219 e. The molecule has 2 saturated heterocycles. The summed E-state index contributed by atoms with van der Waals surface area (Å²) in [6.45, 7) is 5.96. The van der Waals surface area contributed by atoms with Crippen molar-refractivity contribution in [3.05, 3.63) is 48.2 Å². The lowest BCUT2D eigenvalue weighted by atomic mass is 9.96. The van der Waals surface area contributed by atoms with E-state index >= 15 is 0 Å². The lowest BCUT2D eigenvalue weighted by Crippen LogP contribution is -2.47. The fourth-order valence-electron chi connectivity index (χ4n) is 3.94. The quantitative estimate of drug-likeness (QED) is 0.297. The molecule has 168 valence electrons. The molecule has 2 aromatic rings. The van der Waals surface area contributed by atoms with E-state index in [-0.39, 0.29) is 24.0 Å². The molecule has 0 amide bonds. The average molecular weight is 538 g/mol. The first-order chi connectivity index (χ1) is 14.7. The molecule has 4 rings (SSSR count). The molecule has 8 heteroatoms. The van der Waals surface area contributed by atoms with Gasteiger partial charge in [-0.1, -0.05) is 18.2 Å². The predicted octanol–water partition coefficient (Wildman–Crippen LogP) is 4.27. The summed E-state index contributed by atoms with van der Waals surface area (Å²) in [6, 6.07) is 11.8. The van der Waals surface area contributed by atoms with Crippen molar-refractivity contribution >= 4 is 29.9 Å². The Kier molecular flexibility index (Phi) is 8.77. The van der Waals surface area contributed by atoms with Crippen LogP contribution >= 0.6 is 24.0 Å². The summed E-state index contributed by atoms with van der Waals surface area (Å²) in [5.41, 5.74) is 1.02. The van der Waals surface area contributed by atoms with Crippen molar-refractivity contribution < 1.29 is 14.2 Å². The standard InChI is InChI=1S/C23H30N4O3.HI/c1-3-24-23(27-18-13-17-10-11-19(18)29-17)26-15-16-9-12-22(25-14-16)30-21-8-6-5-7-20(21)28-4-2;/h5-9,12,14,17-19H,3-4,10-11,13,15H2,1-2H3,(H2,24,26,27);1H. The Hall–Kier alpha value is -2.07. The molecule has 2 N–H and O–H groups in total. The van der Waals surface area contributed by atoms with Crippen molar-refractivity contribution in [2.75, 3.05) is 13.2 Å². The normalized spacial score (nSPS) is 22.0. The molecular formula is C23H31IN4O3. The van der Waals surface area contributed by atoms with Gasteiger partial charge in [-0.15, -0.1) is 24.0 Å². The summed E-state index contributed by atoms with van der Waals surface area (Å²) < 4.78 is 17.4. The highest BCUT2D eigenvalue weighted by atomic mass is 127. The van der Waals surface area contributed by atoms with Crippen molar-refractivity contribution in [2.45, 2.75) is 57.9 Å². The van der Waals surface area contributed by atoms with Gasteiger partial charge in [-0.3, -0.25) is 0 Å². The van der Waals surface area contributed by atoms with Crippen molar-refractivity contribution in [3.63, 3.8) is 0 Å². The fraction of sp³-hybridized carbons (Fsp3) is 0.478. The average Bonchev–Trinajstić information content (AvgIpc) is 3.38. The Morgan fingerprint density at radius 1 is 1.16 bits per heavy atom. The molecule has 1 aromatic carbocycles. The Labute approximate surface area is 201 Å². The second kappa shape index (κ2) is 11.5. The molecular weight excluding hydrogens is 507 g/mol. The monoisotopic (exact) mass is 538 g/mol. The molecule has 31 heavy (non-hydrogen) atoms. The number of halogens is 1. The lowest BCUT2D eigenvalue weighted by Gasteiger charge is -2.22. The molecule has 2 bridgehead atoms. The number of fused-ring (bicyclic) bond motifs is 2. The maximum Gasteiger partial charge on any atom is 0.219 e. The summed E-state index contributed by atoms with van der Waals surface area (Å²) in [6.07, 6.45) is 5.92. The zero-order valence-electron chi connectivity index (χ0n) is 18.0. The molecule has 2 aliphatic heterocycles. The van der Waals surface area contributed by atoms with Gasteiger partial charge >= 0.3 is 0 Å². The number of guanidine groups is 1. The minimum atomic E-state index is 0. The molecule has 0 aliphatic carbocycles. The molecule has 7 nitrogen and oxygen atoms in total. The number of benzene rings is 1.